The van der Waals surface area contributed by atoms with E-state index in [9.17, 15) is 14.4 Å². The van der Waals surface area contributed by atoms with Crippen LogP contribution in [0.15, 0.2) is 30.3 Å². The predicted octanol–water partition coefficient (Wildman–Crippen LogP) is 3.93. The van der Waals surface area contributed by atoms with E-state index < -0.39 is 5.97 Å². The molecule has 1 amide bonds. The molecule has 1 aliphatic carbocycles. The van der Waals surface area contributed by atoms with Gasteiger partial charge in [-0.25, -0.2) is 4.79 Å². The number of esters is 1. The molecule has 0 saturated heterocycles. The van der Waals surface area contributed by atoms with Gasteiger partial charge in [-0.05, 0) is 75.1 Å². The van der Waals surface area contributed by atoms with Crippen molar-refractivity contribution < 1.29 is 19.1 Å². The van der Waals surface area contributed by atoms with Crippen LogP contribution in [0.25, 0.3) is 6.08 Å². The lowest BCUT2D eigenvalue weighted by Gasteiger charge is -2.06. The monoisotopic (exact) mass is 392 g/mol. The number of amides is 1. The maximum atomic E-state index is 12.4. The number of carbonyl (C=O) groups is 3. The highest BCUT2D eigenvalue weighted by Gasteiger charge is 2.28. The minimum absolute atomic E-state index is 0.0813. The lowest BCUT2D eigenvalue weighted by atomic mass is 9.99. The number of Topliss-reactive ketones (excluding diaryl/α,β-unsaturated/α-hetero) is 1. The molecular weight excluding hydrogens is 368 g/mol. The van der Waals surface area contributed by atoms with E-state index in [4.69, 9.17) is 4.74 Å². The summed E-state index contributed by atoms with van der Waals surface area (Å²) in [6, 6.07) is 7.68. The van der Waals surface area contributed by atoms with E-state index >= 15 is 0 Å². The molecule has 0 radical (unpaired) electrons. The van der Waals surface area contributed by atoms with Gasteiger partial charge in [-0.2, -0.15) is 0 Å². The Labute approximate surface area is 169 Å². The largest absolute Gasteiger partial charge is 0.454 e. The third-order valence-corrected chi connectivity index (χ3v) is 5.67. The van der Waals surface area contributed by atoms with Crippen molar-refractivity contribution >= 4 is 29.4 Å². The fourth-order valence-corrected chi connectivity index (χ4v) is 3.88. The van der Waals surface area contributed by atoms with E-state index in [1.165, 1.54) is 24.6 Å². The first kappa shape index (κ1) is 19.2. The van der Waals surface area contributed by atoms with Gasteiger partial charge in [-0.3, -0.25) is 9.59 Å². The third kappa shape index (κ3) is 3.75. The minimum Gasteiger partial charge on any atom is -0.454 e. The summed E-state index contributed by atoms with van der Waals surface area (Å²) in [7, 11) is 0. The summed E-state index contributed by atoms with van der Waals surface area (Å²) in [5.74, 6) is -1.23. The van der Waals surface area contributed by atoms with Gasteiger partial charge >= 0.3 is 5.97 Å². The Morgan fingerprint density at radius 3 is 2.72 bits per heavy atom. The number of nitrogens with zero attached hydrogens (tertiary/aromatic N) is 1. The SMILES string of the molecule is Cc1cc(/C=C/C(=O)OCC(=O)c2ccc3c(c2)[C@H](C)C(=O)N3)c(C)n1C1CC1. The lowest BCUT2D eigenvalue weighted by molar-refractivity contribution is -0.136. The van der Waals surface area contributed by atoms with Gasteiger partial charge < -0.3 is 14.6 Å². The number of anilines is 1. The lowest BCUT2D eigenvalue weighted by Crippen LogP contribution is -2.13. The molecular formula is C23H24N2O4. The molecule has 0 unspecified atom stereocenters. The first-order valence-electron chi connectivity index (χ1n) is 9.86. The minimum atomic E-state index is -0.555. The van der Waals surface area contributed by atoms with Crippen molar-refractivity contribution in [1.82, 2.24) is 4.57 Å². The summed E-state index contributed by atoms with van der Waals surface area (Å²) in [5.41, 5.74) is 5.26. The van der Waals surface area contributed by atoms with Crippen LogP contribution in [-0.4, -0.2) is 28.8 Å². The number of ketones is 1. The number of hydrogen-bond donors (Lipinski definition) is 1. The Bertz CT molecular complexity index is 1040. The zero-order valence-electron chi connectivity index (χ0n) is 16.8. The van der Waals surface area contributed by atoms with Crippen LogP contribution in [0.3, 0.4) is 0 Å². The molecule has 4 rings (SSSR count). The zero-order valence-corrected chi connectivity index (χ0v) is 16.8. The smallest absolute Gasteiger partial charge is 0.331 e. The molecule has 2 heterocycles. The van der Waals surface area contributed by atoms with Crippen LogP contribution < -0.4 is 5.32 Å². The van der Waals surface area contributed by atoms with E-state index in [-0.39, 0.29) is 24.2 Å². The maximum Gasteiger partial charge on any atom is 0.331 e. The molecule has 1 atom stereocenters. The zero-order chi connectivity index (χ0) is 20.7. The summed E-state index contributed by atoms with van der Waals surface area (Å²) in [6.45, 7) is 5.58. The second-order valence-corrected chi connectivity index (χ2v) is 7.80. The molecule has 150 valence electrons. The van der Waals surface area contributed by atoms with E-state index in [1.807, 2.05) is 6.92 Å². The topological polar surface area (TPSA) is 77.4 Å². The summed E-state index contributed by atoms with van der Waals surface area (Å²) in [5, 5.41) is 2.77. The van der Waals surface area contributed by atoms with Crippen molar-refractivity contribution in [2.24, 2.45) is 0 Å². The van der Waals surface area contributed by atoms with Crippen molar-refractivity contribution in [2.45, 2.75) is 45.6 Å². The molecule has 1 aliphatic heterocycles. The number of ether oxygens (including phenoxy) is 1. The van der Waals surface area contributed by atoms with Crippen molar-refractivity contribution in [3.8, 4) is 0 Å². The van der Waals surface area contributed by atoms with Crippen LogP contribution in [0.2, 0.25) is 0 Å². The first-order chi connectivity index (χ1) is 13.8. The average molecular weight is 392 g/mol. The van der Waals surface area contributed by atoms with Crippen LogP contribution >= 0.6 is 0 Å². The van der Waals surface area contributed by atoms with Crippen molar-refractivity contribution in [1.29, 1.82) is 0 Å². The Balaban J connectivity index is 1.37. The molecule has 1 fully saturated rings. The molecule has 1 aromatic carbocycles. The number of benzene rings is 1. The third-order valence-electron chi connectivity index (χ3n) is 5.67. The highest BCUT2D eigenvalue weighted by atomic mass is 16.5. The summed E-state index contributed by atoms with van der Waals surface area (Å²) in [6.07, 6.45) is 5.51. The van der Waals surface area contributed by atoms with Gasteiger partial charge in [-0.15, -0.1) is 0 Å². The molecule has 2 aromatic rings. The summed E-state index contributed by atoms with van der Waals surface area (Å²) < 4.78 is 7.43. The van der Waals surface area contributed by atoms with E-state index in [2.05, 4.69) is 22.9 Å². The van der Waals surface area contributed by atoms with Gasteiger partial charge in [0.15, 0.2) is 12.4 Å². The molecule has 6 heteroatoms. The van der Waals surface area contributed by atoms with Gasteiger partial charge in [-0.1, -0.05) is 0 Å². The van der Waals surface area contributed by atoms with Gasteiger partial charge in [0, 0.05) is 34.8 Å². The Morgan fingerprint density at radius 1 is 1.24 bits per heavy atom. The fourth-order valence-electron chi connectivity index (χ4n) is 3.88. The molecule has 1 N–H and O–H groups in total. The Morgan fingerprint density at radius 2 is 2.00 bits per heavy atom. The van der Waals surface area contributed by atoms with Gasteiger partial charge in [0.1, 0.15) is 0 Å². The normalized spacial score (nSPS) is 18.0. The van der Waals surface area contributed by atoms with E-state index in [1.54, 1.807) is 31.2 Å². The highest BCUT2D eigenvalue weighted by molar-refractivity contribution is 6.05. The van der Waals surface area contributed by atoms with Crippen LogP contribution in [0.5, 0.6) is 0 Å². The Hall–Kier alpha value is -3.15. The summed E-state index contributed by atoms with van der Waals surface area (Å²) in [4.78, 5) is 36.2. The quantitative estimate of drug-likeness (QED) is 0.459. The second kappa shape index (κ2) is 7.35. The molecule has 0 bridgehead atoms. The number of rotatable bonds is 6. The Kier molecular flexibility index (Phi) is 4.86. The number of aromatic nitrogens is 1. The number of hydrogen-bond acceptors (Lipinski definition) is 4. The average Bonchev–Trinajstić information content (AvgIpc) is 3.43. The fraction of sp³-hybridized carbons (Fsp3) is 0.348. The number of carbonyl (C=O) groups excluding carboxylic acids is 3. The predicted molar refractivity (Wildman–Crippen MR) is 110 cm³/mol. The van der Waals surface area contributed by atoms with Crippen LogP contribution in [0.4, 0.5) is 5.69 Å². The van der Waals surface area contributed by atoms with Crippen LogP contribution in [-0.2, 0) is 14.3 Å². The van der Waals surface area contributed by atoms with Gasteiger partial charge in [0.2, 0.25) is 5.91 Å². The first-order valence-corrected chi connectivity index (χ1v) is 9.86. The van der Waals surface area contributed by atoms with Gasteiger partial charge in [0.25, 0.3) is 0 Å². The number of fused-ring (bicyclic) bond motifs is 1. The second-order valence-electron chi connectivity index (χ2n) is 7.80. The van der Waals surface area contributed by atoms with E-state index in [0.717, 1.165) is 22.5 Å². The van der Waals surface area contributed by atoms with Crippen molar-refractivity contribution in [3.63, 3.8) is 0 Å². The standard InChI is InChI=1S/C23H24N2O4/c1-13-10-16(15(3)25(13)18-6-7-18)5-9-22(27)29-12-21(26)17-4-8-20-19(11-17)14(2)23(28)24-20/h4-5,8-11,14,18H,6-7,12H2,1-3H3,(H,24,28)/b9-5+/t14-/m0/s1. The van der Waals surface area contributed by atoms with Crippen molar-refractivity contribution in [3.05, 3.63) is 58.4 Å². The molecule has 29 heavy (non-hydrogen) atoms. The number of aryl methyl sites for hydroxylation is 1. The van der Waals surface area contributed by atoms with Crippen LogP contribution in [0.1, 0.15) is 64.6 Å². The van der Waals surface area contributed by atoms with Crippen molar-refractivity contribution in [2.75, 3.05) is 11.9 Å². The van der Waals surface area contributed by atoms with E-state index in [0.29, 0.717) is 11.6 Å². The highest BCUT2D eigenvalue weighted by Crippen LogP contribution is 2.38. The molecule has 0 spiro atoms. The molecule has 6 nitrogen and oxygen atoms in total. The molecule has 1 saturated carbocycles. The summed E-state index contributed by atoms with van der Waals surface area (Å²) >= 11 is 0. The van der Waals surface area contributed by atoms with Gasteiger partial charge in [0.05, 0.1) is 5.92 Å². The maximum absolute atomic E-state index is 12.4. The van der Waals surface area contributed by atoms with Crippen LogP contribution in [0, 0.1) is 13.8 Å². The molecule has 1 aromatic heterocycles. The number of nitrogens with one attached hydrogen (secondary N) is 1. The molecule has 2 aliphatic rings.